The number of nitrogens with two attached hydrogens (primary N) is 1. The number of benzene rings is 1. The number of nitrogens with zero attached hydrogens (tertiary/aromatic N) is 2. The monoisotopic (exact) mass is 345 g/mol. The third-order valence-electron chi connectivity index (χ3n) is 3.99. The number of nitro benzene ring substituents is 1. The van der Waals surface area contributed by atoms with E-state index in [9.17, 15) is 19.7 Å². The number of Topliss-reactive ketones (excluding diaryl/α,β-unsaturated/α-hetero) is 1. The quantitative estimate of drug-likeness (QED) is 0.283. The number of carbonyl (C=O) groups is 2. The second-order valence-corrected chi connectivity index (χ2v) is 5.56. The molecule has 0 aliphatic carbocycles. The standard InChI is InChI=1S/C17H19N3O5/c1-4-19-10(2)7-14(11(19)3)16(21)9-25-17(22)13-6-5-12(20(23)24)8-15(13)18/h5-8H,4,9,18H2,1-3H3. The number of nitro groups is 1. The van der Waals surface area contributed by atoms with Gasteiger partial charge in [0.25, 0.3) is 5.69 Å². The third kappa shape index (κ3) is 3.68. The Hall–Kier alpha value is -3.16. The Kier molecular flexibility index (Phi) is 5.21. The minimum atomic E-state index is -0.801. The fraction of sp³-hybridized carbons (Fsp3) is 0.294. The number of hydrogen-bond donors (Lipinski definition) is 1. The maximum absolute atomic E-state index is 12.3. The molecule has 0 aliphatic heterocycles. The fourth-order valence-corrected chi connectivity index (χ4v) is 2.71. The zero-order chi connectivity index (χ0) is 18.7. The van der Waals surface area contributed by atoms with Crippen molar-refractivity contribution in [1.82, 2.24) is 4.57 Å². The van der Waals surface area contributed by atoms with E-state index in [1.54, 1.807) is 6.07 Å². The Balaban J connectivity index is 2.10. The van der Waals surface area contributed by atoms with Gasteiger partial charge < -0.3 is 15.0 Å². The smallest absolute Gasteiger partial charge is 0.340 e. The SMILES string of the molecule is CCn1c(C)cc(C(=O)COC(=O)c2ccc([N+](=O)[O-])cc2N)c1C. The fourth-order valence-electron chi connectivity index (χ4n) is 2.71. The predicted octanol–water partition coefficient (Wildman–Crippen LogP) is 2.65. The molecule has 8 heteroatoms. The summed E-state index contributed by atoms with van der Waals surface area (Å²) in [6.07, 6.45) is 0. The van der Waals surface area contributed by atoms with E-state index in [-0.39, 0.29) is 22.7 Å². The van der Waals surface area contributed by atoms with E-state index in [0.29, 0.717) is 5.56 Å². The molecule has 0 spiro atoms. The molecule has 1 aromatic heterocycles. The normalized spacial score (nSPS) is 10.5. The van der Waals surface area contributed by atoms with Crippen molar-refractivity contribution in [1.29, 1.82) is 0 Å². The molecule has 2 aromatic rings. The van der Waals surface area contributed by atoms with Crippen LogP contribution in [0.2, 0.25) is 0 Å². The topological polar surface area (TPSA) is 117 Å². The summed E-state index contributed by atoms with van der Waals surface area (Å²) < 4.78 is 7.01. The maximum Gasteiger partial charge on any atom is 0.340 e. The summed E-state index contributed by atoms with van der Waals surface area (Å²) in [5, 5.41) is 10.7. The van der Waals surface area contributed by atoms with Crippen LogP contribution < -0.4 is 5.73 Å². The van der Waals surface area contributed by atoms with Gasteiger partial charge in [-0.05, 0) is 32.9 Å². The number of aryl methyl sites for hydroxylation is 1. The minimum absolute atomic E-state index is 0.0163. The molecule has 2 N–H and O–H groups in total. The number of anilines is 1. The van der Waals surface area contributed by atoms with E-state index in [4.69, 9.17) is 10.5 Å². The number of nitrogen functional groups attached to an aromatic ring is 1. The lowest BCUT2D eigenvalue weighted by atomic mass is 10.1. The first-order valence-electron chi connectivity index (χ1n) is 7.67. The van der Waals surface area contributed by atoms with Crippen LogP contribution in [0.3, 0.4) is 0 Å². The molecule has 0 amide bonds. The Labute approximate surface area is 144 Å². The van der Waals surface area contributed by atoms with Crippen LogP contribution in [-0.4, -0.2) is 27.8 Å². The van der Waals surface area contributed by atoms with Gasteiger partial charge in [0.05, 0.1) is 16.2 Å². The Bertz CT molecular complexity index is 854. The van der Waals surface area contributed by atoms with E-state index < -0.39 is 17.5 Å². The van der Waals surface area contributed by atoms with Crippen molar-refractivity contribution in [3.05, 3.63) is 56.9 Å². The van der Waals surface area contributed by atoms with Crippen LogP contribution in [0.4, 0.5) is 11.4 Å². The summed E-state index contributed by atoms with van der Waals surface area (Å²) in [4.78, 5) is 34.4. The zero-order valence-electron chi connectivity index (χ0n) is 14.2. The van der Waals surface area contributed by atoms with Crippen LogP contribution in [0.15, 0.2) is 24.3 Å². The van der Waals surface area contributed by atoms with Crippen molar-refractivity contribution in [2.45, 2.75) is 27.3 Å². The summed E-state index contributed by atoms with van der Waals surface area (Å²) in [6.45, 7) is 6.02. The van der Waals surface area contributed by atoms with Gasteiger partial charge in [0.15, 0.2) is 6.61 Å². The minimum Gasteiger partial charge on any atom is -0.454 e. The van der Waals surface area contributed by atoms with Crippen molar-refractivity contribution >= 4 is 23.1 Å². The molecule has 1 heterocycles. The van der Waals surface area contributed by atoms with Gasteiger partial charge in [-0.15, -0.1) is 0 Å². The number of ketones is 1. The number of carbonyl (C=O) groups excluding carboxylic acids is 2. The highest BCUT2D eigenvalue weighted by Crippen LogP contribution is 2.21. The maximum atomic E-state index is 12.3. The predicted molar refractivity (Wildman–Crippen MR) is 91.7 cm³/mol. The van der Waals surface area contributed by atoms with E-state index >= 15 is 0 Å². The van der Waals surface area contributed by atoms with Crippen molar-refractivity contribution in [3.8, 4) is 0 Å². The Morgan fingerprint density at radius 3 is 2.44 bits per heavy atom. The number of aromatic nitrogens is 1. The van der Waals surface area contributed by atoms with Crippen LogP contribution in [-0.2, 0) is 11.3 Å². The van der Waals surface area contributed by atoms with Gasteiger partial charge in [-0.3, -0.25) is 14.9 Å². The second-order valence-electron chi connectivity index (χ2n) is 5.56. The average Bonchev–Trinajstić information content (AvgIpc) is 2.86. The molecule has 0 atom stereocenters. The highest BCUT2D eigenvalue weighted by molar-refractivity contribution is 6.01. The van der Waals surface area contributed by atoms with Crippen LogP contribution in [0.25, 0.3) is 0 Å². The van der Waals surface area contributed by atoms with E-state index in [1.807, 2.05) is 25.3 Å². The van der Waals surface area contributed by atoms with Gasteiger partial charge >= 0.3 is 5.97 Å². The van der Waals surface area contributed by atoms with Crippen molar-refractivity contribution in [2.75, 3.05) is 12.3 Å². The number of esters is 1. The highest BCUT2D eigenvalue weighted by atomic mass is 16.6. The number of hydrogen-bond acceptors (Lipinski definition) is 6. The van der Waals surface area contributed by atoms with Crippen LogP contribution in [0.1, 0.15) is 39.0 Å². The molecule has 0 aliphatic rings. The molecular weight excluding hydrogens is 326 g/mol. The summed E-state index contributed by atoms with van der Waals surface area (Å²) in [7, 11) is 0. The van der Waals surface area contributed by atoms with Gasteiger partial charge in [0, 0.05) is 35.6 Å². The van der Waals surface area contributed by atoms with Crippen LogP contribution in [0, 0.1) is 24.0 Å². The Morgan fingerprint density at radius 1 is 1.24 bits per heavy atom. The Morgan fingerprint density at radius 2 is 1.92 bits per heavy atom. The summed E-state index contributed by atoms with van der Waals surface area (Å²) in [5.41, 5.74) is 7.61. The zero-order valence-corrected chi connectivity index (χ0v) is 14.2. The molecule has 0 unspecified atom stereocenters. The molecule has 25 heavy (non-hydrogen) atoms. The first kappa shape index (κ1) is 18.2. The number of ether oxygens (including phenoxy) is 1. The van der Waals surface area contributed by atoms with Crippen molar-refractivity contribution in [3.63, 3.8) is 0 Å². The number of rotatable bonds is 6. The number of non-ortho nitro benzene ring substituents is 1. The first-order chi connectivity index (χ1) is 11.8. The molecule has 0 saturated carbocycles. The lowest BCUT2D eigenvalue weighted by Gasteiger charge is -2.07. The van der Waals surface area contributed by atoms with Gasteiger partial charge in [-0.25, -0.2) is 4.79 Å². The van der Waals surface area contributed by atoms with Gasteiger partial charge in [-0.2, -0.15) is 0 Å². The molecule has 1 aromatic carbocycles. The first-order valence-corrected chi connectivity index (χ1v) is 7.67. The molecule has 0 saturated heterocycles. The molecule has 132 valence electrons. The summed E-state index contributed by atoms with van der Waals surface area (Å²) in [6, 6.07) is 5.20. The molecule has 0 bridgehead atoms. The molecule has 8 nitrogen and oxygen atoms in total. The summed E-state index contributed by atoms with van der Waals surface area (Å²) in [5.74, 6) is -1.12. The van der Waals surface area contributed by atoms with Crippen LogP contribution >= 0.6 is 0 Å². The summed E-state index contributed by atoms with van der Waals surface area (Å²) >= 11 is 0. The van der Waals surface area contributed by atoms with Crippen LogP contribution in [0.5, 0.6) is 0 Å². The molecule has 2 rings (SSSR count). The lowest BCUT2D eigenvalue weighted by molar-refractivity contribution is -0.384. The van der Waals surface area contributed by atoms with Crippen molar-refractivity contribution in [2.24, 2.45) is 0 Å². The molecule has 0 fully saturated rings. The van der Waals surface area contributed by atoms with Gasteiger partial charge in [0.1, 0.15) is 0 Å². The van der Waals surface area contributed by atoms with E-state index in [1.165, 1.54) is 6.07 Å². The third-order valence-corrected chi connectivity index (χ3v) is 3.99. The van der Waals surface area contributed by atoms with Crippen molar-refractivity contribution < 1.29 is 19.2 Å². The van der Waals surface area contributed by atoms with E-state index in [2.05, 4.69) is 0 Å². The second kappa shape index (κ2) is 7.16. The molecular formula is C17H19N3O5. The average molecular weight is 345 g/mol. The molecule has 0 radical (unpaired) electrons. The van der Waals surface area contributed by atoms with E-state index in [0.717, 1.165) is 30.1 Å². The highest BCUT2D eigenvalue weighted by Gasteiger charge is 2.19. The lowest BCUT2D eigenvalue weighted by Crippen LogP contribution is -2.16. The largest absolute Gasteiger partial charge is 0.454 e. The van der Waals surface area contributed by atoms with Gasteiger partial charge in [0.2, 0.25) is 5.78 Å². The van der Waals surface area contributed by atoms with Gasteiger partial charge in [-0.1, -0.05) is 0 Å².